The highest BCUT2D eigenvalue weighted by molar-refractivity contribution is 5.79. The minimum absolute atomic E-state index is 0.143. The number of hydrogen-bond donors (Lipinski definition) is 2. The maximum atomic E-state index is 12.4. The molecule has 0 radical (unpaired) electrons. The summed E-state index contributed by atoms with van der Waals surface area (Å²) in [6.45, 7) is 2.33. The monoisotopic (exact) mass is 467 g/mol. The summed E-state index contributed by atoms with van der Waals surface area (Å²) in [5, 5.41) is 7.12. The fourth-order valence-electron chi connectivity index (χ4n) is 4.68. The van der Waals surface area contributed by atoms with Gasteiger partial charge in [-0.3, -0.25) is 9.59 Å². The van der Waals surface area contributed by atoms with E-state index in [0.29, 0.717) is 25.8 Å². The van der Waals surface area contributed by atoms with Gasteiger partial charge in [0.1, 0.15) is 0 Å². The summed E-state index contributed by atoms with van der Waals surface area (Å²) in [5.41, 5.74) is 5.59. The molecule has 1 heterocycles. The van der Waals surface area contributed by atoms with E-state index in [2.05, 4.69) is 19.0 Å². The van der Waals surface area contributed by atoms with E-state index in [1.54, 1.807) is 7.11 Å². The number of ether oxygens (including phenoxy) is 1. The van der Waals surface area contributed by atoms with Crippen molar-refractivity contribution >= 4 is 17.8 Å². The number of amides is 2. The third-order valence-corrected chi connectivity index (χ3v) is 6.68. The van der Waals surface area contributed by atoms with Crippen molar-refractivity contribution in [3.05, 3.63) is 0 Å². The smallest absolute Gasteiger partial charge is 0.475 e. The normalized spacial score (nSPS) is 25.7. The second-order valence-corrected chi connectivity index (χ2v) is 9.08. The molecule has 186 valence electrons. The summed E-state index contributed by atoms with van der Waals surface area (Å²) < 4.78 is 37.0. The lowest BCUT2D eigenvalue weighted by Crippen LogP contribution is -2.49. The van der Waals surface area contributed by atoms with Crippen LogP contribution in [0.5, 0.6) is 0 Å². The van der Waals surface area contributed by atoms with Crippen LogP contribution in [0.25, 0.3) is 0 Å². The zero-order valence-corrected chi connectivity index (χ0v) is 19.2. The van der Waals surface area contributed by atoms with Gasteiger partial charge in [0.25, 0.3) is 0 Å². The van der Waals surface area contributed by atoms with Gasteiger partial charge in [0.2, 0.25) is 11.8 Å². The van der Waals surface area contributed by atoms with E-state index in [9.17, 15) is 22.8 Å². The Morgan fingerprint density at radius 2 is 1.75 bits per heavy atom. The molecule has 2 aliphatic rings. The molecule has 8 nitrogen and oxygen atoms in total. The second kappa shape index (κ2) is 11.8. The number of alkyl halides is 3. The summed E-state index contributed by atoms with van der Waals surface area (Å²) >= 11 is 0. The van der Waals surface area contributed by atoms with E-state index in [1.807, 2.05) is 4.90 Å². The number of aliphatic carboxylic acids is 1. The fourth-order valence-corrected chi connectivity index (χ4v) is 4.68. The van der Waals surface area contributed by atoms with Crippen LogP contribution in [0.2, 0.25) is 0 Å². The number of carboxylic acid groups (broad SMARTS) is 1. The maximum Gasteiger partial charge on any atom is 0.490 e. The van der Waals surface area contributed by atoms with Crippen molar-refractivity contribution in [2.24, 2.45) is 11.1 Å². The van der Waals surface area contributed by atoms with Crippen LogP contribution in [0, 0.1) is 5.41 Å². The van der Waals surface area contributed by atoms with Crippen molar-refractivity contribution in [3.8, 4) is 0 Å². The Morgan fingerprint density at radius 3 is 2.19 bits per heavy atom. The van der Waals surface area contributed by atoms with E-state index in [1.165, 1.54) is 0 Å². The number of nitrogens with zero attached hydrogens (tertiary/aromatic N) is 2. The number of nitrogens with two attached hydrogens (primary N) is 1. The Labute approximate surface area is 187 Å². The molecule has 1 spiro atoms. The molecule has 1 aliphatic carbocycles. The summed E-state index contributed by atoms with van der Waals surface area (Å²) in [6.07, 6.45) is 3.37. The highest BCUT2D eigenvalue weighted by atomic mass is 19.4. The number of halogens is 3. The second-order valence-electron chi connectivity index (χ2n) is 9.08. The zero-order chi connectivity index (χ0) is 24.6. The van der Waals surface area contributed by atoms with Crippen molar-refractivity contribution < 1.29 is 37.4 Å². The first-order valence-corrected chi connectivity index (χ1v) is 10.8. The Kier molecular flexibility index (Phi) is 10.4. The van der Waals surface area contributed by atoms with Gasteiger partial charge in [-0.1, -0.05) is 0 Å². The molecule has 0 bridgehead atoms. The van der Waals surface area contributed by atoms with Gasteiger partial charge in [-0.05, 0) is 64.5 Å². The molecular weight excluding hydrogens is 431 g/mol. The predicted octanol–water partition coefficient (Wildman–Crippen LogP) is 2.40. The molecule has 2 amide bonds. The lowest BCUT2D eigenvalue weighted by atomic mass is 9.65. The van der Waals surface area contributed by atoms with Gasteiger partial charge < -0.3 is 25.4 Å². The number of carbonyl (C=O) groups excluding carboxylic acids is 2. The van der Waals surface area contributed by atoms with Crippen LogP contribution in [0.15, 0.2) is 0 Å². The first kappa shape index (κ1) is 28.2. The molecule has 2 fully saturated rings. The Bertz CT molecular complexity index is 647. The van der Waals surface area contributed by atoms with Gasteiger partial charge in [-0.2, -0.15) is 13.2 Å². The van der Waals surface area contributed by atoms with Crippen LogP contribution in [0.1, 0.15) is 57.8 Å². The third-order valence-electron chi connectivity index (χ3n) is 6.68. The van der Waals surface area contributed by atoms with Crippen LogP contribution in [-0.2, 0) is 19.1 Å². The molecule has 1 saturated heterocycles. The number of carbonyl (C=O) groups is 3. The number of hydrogen-bond acceptors (Lipinski definition) is 5. The molecule has 3 N–H and O–H groups in total. The van der Waals surface area contributed by atoms with Crippen molar-refractivity contribution in [1.82, 2.24) is 9.80 Å². The molecule has 0 aromatic heterocycles. The average molecular weight is 468 g/mol. The fraction of sp³-hybridized carbons (Fsp3) is 0.857. The maximum absolute atomic E-state index is 12.4. The number of likely N-dealkylation sites (tertiary alicyclic amines) is 1. The van der Waals surface area contributed by atoms with Crippen molar-refractivity contribution in [2.45, 2.75) is 69.5 Å². The first-order valence-electron chi connectivity index (χ1n) is 10.8. The summed E-state index contributed by atoms with van der Waals surface area (Å²) in [4.78, 5) is 36.5. The molecule has 1 saturated carbocycles. The first-order chi connectivity index (χ1) is 14.8. The molecule has 11 heteroatoms. The van der Waals surface area contributed by atoms with Crippen LogP contribution < -0.4 is 5.73 Å². The largest absolute Gasteiger partial charge is 0.490 e. The topological polar surface area (TPSA) is 113 Å². The highest BCUT2D eigenvalue weighted by Crippen LogP contribution is 2.49. The van der Waals surface area contributed by atoms with Crippen LogP contribution in [0.4, 0.5) is 13.2 Å². The minimum atomic E-state index is -5.08. The van der Waals surface area contributed by atoms with Gasteiger partial charge in [-0.25, -0.2) is 4.79 Å². The molecule has 0 aromatic carbocycles. The van der Waals surface area contributed by atoms with Crippen molar-refractivity contribution in [2.75, 3.05) is 40.9 Å². The van der Waals surface area contributed by atoms with E-state index in [4.69, 9.17) is 20.4 Å². The molecule has 1 aliphatic heterocycles. The summed E-state index contributed by atoms with van der Waals surface area (Å²) in [5.74, 6) is -2.79. The summed E-state index contributed by atoms with van der Waals surface area (Å²) in [7, 11) is 6.12. The molecule has 0 atom stereocenters. The minimum Gasteiger partial charge on any atom is -0.475 e. The van der Waals surface area contributed by atoms with Crippen LogP contribution in [-0.4, -0.2) is 85.3 Å². The predicted molar refractivity (Wildman–Crippen MR) is 112 cm³/mol. The van der Waals surface area contributed by atoms with Gasteiger partial charge in [-0.15, -0.1) is 0 Å². The number of methoxy groups -OCH3 is 1. The number of carboxylic acids is 1. The van der Waals surface area contributed by atoms with Crippen molar-refractivity contribution in [1.29, 1.82) is 0 Å². The van der Waals surface area contributed by atoms with Crippen molar-refractivity contribution in [3.63, 3.8) is 0 Å². The van der Waals surface area contributed by atoms with E-state index >= 15 is 0 Å². The van der Waals surface area contributed by atoms with Gasteiger partial charge in [0.05, 0.1) is 0 Å². The Balaban J connectivity index is 0.000000633. The lowest BCUT2D eigenvalue weighted by molar-refractivity contribution is -0.192. The van der Waals surface area contributed by atoms with E-state index < -0.39 is 12.1 Å². The quantitative estimate of drug-likeness (QED) is 0.504. The third kappa shape index (κ3) is 8.23. The molecule has 0 aromatic rings. The summed E-state index contributed by atoms with van der Waals surface area (Å²) in [6, 6.07) is 0. The molecular formula is C21H36F3N3O5. The highest BCUT2D eigenvalue weighted by Gasteiger charge is 2.49. The van der Waals surface area contributed by atoms with Gasteiger partial charge in [0.15, 0.2) is 0 Å². The number of primary amides is 1. The van der Waals surface area contributed by atoms with Gasteiger partial charge in [0, 0.05) is 45.2 Å². The van der Waals surface area contributed by atoms with E-state index in [-0.39, 0.29) is 22.8 Å². The molecule has 0 unspecified atom stereocenters. The Morgan fingerprint density at radius 1 is 1.19 bits per heavy atom. The lowest BCUT2D eigenvalue weighted by Gasteiger charge is -2.48. The standard InChI is InChI=1S/C19H35N3O3.C2HF3O2/c1-21(2)19(7-5-13-25-3)10-8-18(9-11-19)14-17(24)22(15-18)12-4-6-16(20)23;3-2(4,5)1(6)7/h4-15H2,1-3H3,(H2,20,23);(H,6,7)/t18-,19-;. The van der Waals surface area contributed by atoms with Crippen LogP contribution in [0.3, 0.4) is 0 Å². The van der Waals surface area contributed by atoms with Gasteiger partial charge >= 0.3 is 12.1 Å². The molecule has 32 heavy (non-hydrogen) atoms. The molecule has 2 rings (SSSR count). The average Bonchev–Trinajstić information content (AvgIpc) is 2.98. The number of rotatable bonds is 9. The van der Waals surface area contributed by atoms with E-state index in [0.717, 1.165) is 51.7 Å². The van der Waals surface area contributed by atoms with Crippen LogP contribution >= 0.6 is 0 Å². The Hall–Kier alpha value is -1.88. The SMILES string of the molecule is COCCC[C@]1(N(C)C)CC[C@]2(CC1)CC(=O)N(CCCC(N)=O)C2.O=C(O)C(F)(F)F. The zero-order valence-electron chi connectivity index (χ0n) is 19.2.